The predicted molar refractivity (Wildman–Crippen MR) is 63.8 cm³/mol. The Morgan fingerprint density at radius 3 is 2.80 bits per heavy atom. The van der Waals surface area contributed by atoms with E-state index in [9.17, 15) is 0 Å². The lowest BCUT2D eigenvalue weighted by Crippen LogP contribution is -2.27. The van der Waals surface area contributed by atoms with E-state index in [4.69, 9.17) is 5.11 Å². The van der Waals surface area contributed by atoms with E-state index >= 15 is 0 Å². The van der Waals surface area contributed by atoms with Crippen molar-refractivity contribution in [2.45, 2.75) is 20.8 Å². The Kier molecular flexibility index (Phi) is 4.04. The van der Waals surface area contributed by atoms with Crippen LogP contribution in [0.15, 0.2) is 10.7 Å². The SMILES string of the molecule is Cc1ncc(Br)c(NCC(C)(C)CO)n1. The first-order valence-corrected chi connectivity index (χ1v) is 5.58. The highest BCUT2D eigenvalue weighted by molar-refractivity contribution is 9.10. The van der Waals surface area contributed by atoms with Crippen molar-refractivity contribution in [2.75, 3.05) is 18.5 Å². The lowest BCUT2D eigenvalue weighted by Gasteiger charge is -2.22. The molecular weight excluding hydrogens is 258 g/mol. The van der Waals surface area contributed by atoms with E-state index in [1.54, 1.807) is 6.20 Å². The molecule has 0 spiro atoms. The van der Waals surface area contributed by atoms with Crippen LogP contribution in [0.25, 0.3) is 0 Å². The molecule has 0 radical (unpaired) electrons. The molecule has 0 aliphatic rings. The molecule has 1 rings (SSSR count). The van der Waals surface area contributed by atoms with E-state index in [0.717, 1.165) is 16.1 Å². The largest absolute Gasteiger partial charge is 0.396 e. The second-order valence-corrected chi connectivity index (χ2v) is 5.14. The van der Waals surface area contributed by atoms with Gasteiger partial charge in [0.05, 0.1) is 4.47 Å². The number of rotatable bonds is 4. The zero-order valence-electron chi connectivity index (χ0n) is 9.21. The zero-order valence-corrected chi connectivity index (χ0v) is 10.8. The monoisotopic (exact) mass is 273 g/mol. The molecule has 0 fully saturated rings. The van der Waals surface area contributed by atoms with Crippen LogP contribution in [0.1, 0.15) is 19.7 Å². The van der Waals surface area contributed by atoms with Crippen molar-refractivity contribution in [3.63, 3.8) is 0 Å². The molecule has 15 heavy (non-hydrogen) atoms. The second kappa shape index (κ2) is 4.90. The molecule has 1 heterocycles. The maximum atomic E-state index is 9.11. The lowest BCUT2D eigenvalue weighted by atomic mass is 9.95. The first kappa shape index (κ1) is 12.4. The summed E-state index contributed by atoms with van der Waals surface area (Å²) in [6, 6.07) is 0. The van der Waals surface area contributed by atoms with Crippen molar-refractivity contribution < 1.29 is 5.11 Å². The number of aliphatic hydroxyl groups is 1. The summed E-state index contributed by atoms with van der Waals surface area (Å²) in [5.74, 6) is 1.49. The standard InChI is InChI=1S/C10H16BrN3O/c1-7-12-4-8(11)9(14-7)13-5-10(2,3)6-15/h4,15H,5-6H2,1-3H3,(H,12,13,14). The van der Waals surface area contributed by atoms with Gasteiger partial charge < -0.3 is 10.4 Å². The van der Waals surface area contributed by atoms with Crippen LogP contribution in [0.5, 0.6) is 0 Å². The molecule has 1 aromatic heterocycles. The Balaban J connectivity index is 2.69. The van der Waals surface area contributed by atoms with Crippen LogP contribution >= 0.6 is 15.9 Å². The summed E-state index contributed by atoms with van der Waals surface area (Å²) in [5.41, 5.74) is -0.154. The molecule has 84 valence electrons. The molecule has 0 saturated carbocycles. The highest BCUT2D eigenvalue weighted by Gasteiger charge is 2.16. The Bertz CT molecular complexity index is 341. The van der Waals surface area contributed by atoms with Gasteiger partial charge in [-0.25, -0.2) is 9.97 Å². The highest BCUT2D eigenvalue weighted by atomic mass is 79.9. The van der Waals surface area contributed by atoms with E-state index in [0.29, 0.717) is 6.54 Å². The average Bonchev–Trinajstić information content (AvgIpc) is 2.20. The minimum absolute atomic E-state index is 0.141. The fraction of sp³-hybridized carbons (Fsp3) is 0.600. The molecule has 0 amide bonds. The Morgan fingerprint density at radius 2 is 2.20 bits per heavy atom. The maximum Gasteiger partial charge on any atom is 0.144 e. The summed E-state index contributed by atoms with van der Waals surface area (Å²) in [5, 5.41) is 12.3. The van der Waals surface area contributed by atoms with E-state index in [1.165, 1.54) is 0 Å². The molecule has 0 aliphatic heterocycles. The predicted octanol–water partition coefficient (Wildman–Crippen LogP) is 1.98. The third-order valence-corrected chi connectivity index (χ3v) is 2.61. The smallest absolute Gasteiger partial charge is 0.144 e. The fourth-order valence-corrected chi connectivity index (χ4v) is 1.29. The molecule has 0 bridgehead atoms. The van der Waals surface area contributed by atoms with Crippen LogP contribution in [0.2, 0.25) is 0 Å². The van der Waals surface area contributed by atoms with Crippen molar-refractivity contribution in [2.24, 2.45) is 5.41 Å². The van der Waals surface area contributed by atoms with E-state index in [1.807, 2.05) is 20.8 Å². The van der Waals surface area contributed by atoms with Crippen molar-refractivity contribution in [1.29, 1.82) is 0 Å². The van der Waals surface area contributed by atoms with Gasteiger partial charge in [0, 0.05) is 24.8 Å². The molecule has 1 aromatic rings. The fourth-order valence-electron chi connectivity index (χ4n) is 0.958. The molecule has 0 saturated heterocycles. The lowest BCUT2D eigenvalue weighted by molar-refractivity contribution is 0.170. The van der Waals surface area contributed by atoms with E-state index < -0.39 is 0 Å². The van der Waals surface area contributed by atoms with Crippen LogP contribution in [0, 0.1) is 12.3 Å². The molecular formula is C10H16BrN3O. The van der Waals surface area contributed by atoms with Gasteiger partial charge in [-0.15, -0.1) is 0 Å². The van der Waals surface area contributed by atoms with Gasteiger partial charge in [0.1, 0.15) is 11.6 Å². The molecule has 5 heteroatoms. The molecule has 4 nitrogen and oxygen atoms in total. The molecule has 0 aromatic carbocycles. The zero-order chi connectivity index (χ0) is 11.5. The maximum absolute atomic E-state index is 9.11. The van der Waals surface area contributed by atoms with Crippen LogP contribution in [-0.4, -0.2) is 28.2 Å². The second-order valence-electron chi connectivity index (χ2n) is 4.29. The molecule has 0 atom stereocenters. The number of nitrogens with one attached hydrogen (secondary N) is 1. The topological polar surface area (TPSA) is 58.0 Å². The summed E-state index contributed by atoms with van der Waals surface area (Å²) in [6.07, 6.45) is 1.72. The van der Waals surface area contributed by atoms with Crippen molar-refractivity contribution in [1.82, 2.24) is 9.97 Å². The third kappa shape index (κ3) is 3.76. The first-order chi connectivity index (χ1) is 6.94. The van der Waals surface area contributed by atoms with Gasteiger partial charge in [0.15, 0.2) is 0 Å². The van der Waals surface area contributed by atoms with Crippen LogP contribution in [0.3, 0.4) is 0 Å². The first-order valence-electron chi connectivity index (χ1n) is 4.78. The van der Waals surface area contributed by atoms with Gasteiger partial charge in [-0.2, -0.15) is 0 Å². The molecule has 0 unspecified atom stereocenters. The summed E-state index contributed by atoms with van der Waals surface area (Å²) < 4.78 is 0.835. The Labute approximate surface area is 98.3 Å². The number of nitrogens with zero attached hydrogens (tertiary/aromatic N) is 2. The minimum Gasteiger partial charge on any atom is -0.396 e. The van der Waals surface area contributed by atoms with Crippen LogP contribution in [-0.2, 0) is 0 Å². The number of aromatic nitrogens is 2. The molecule has 2 N–H and O–H groups in total. The van der Waals surface area contributed by atoms with Crippen LogP contribution < -0.4 is 5.32 Å². The highest BCUT2D eigenvalue weighted by Crippen LogP contribution is 2.21. The van der Waals surface area contributed by atoms with Gasteiger partial charge in [-0.05, 0) is 22.9 Å². The van der Waals surface area contributed by atoms with Gasteiger partial charge >= 0.3 is 0 Å². The quantitative estimate of drug-likeness (QED) is 0.881. The summed E-state index contributed by atoms with van der Waals surface area (Å²) in [6.45, 7) is 6.62. The normalized spacial score (nSPS) is 11.5. The summed E-state index contributed by atoms with van der Waals surface area (Å²) in [4.78, 5) is 8.32. The average molecular weight is 274 g/mol. The number of aryl methyl sites for hydroxylation is 1. The summed E-state index contributed by atoms with van der Waals surface area (Å²) in [7, 11) is 0. The van der Waals surface area contributed by atoms with Gasteiger partial charge in [0.25, 0.3) is 0 Å². The Hall–Kier alpha value is -0.680. The van der Waals surface area contributed by atoms with E-state index in [-0.39, 0.29) is 12.0 Å². The summed E-state index contributed by atoms with van der Waals surface area (Å²) >= 11 is 3.37. The number of hydrogen-bond donors (Lipinski definition) is 2. The minimum atomic E-state index is -0.154. The van der Waals surface area contributed by atoms with Gasteiger partial charge in [-0.3, -0.25) is 0 Å². The van der Waals surface area contributed by atoms with Gasteiger partial charge in [0.2, 0.25) is 0 Å². The number of anilines is 1. The van der Waals surface area contributed by atoms with Gasteiger partial charge in [-0.1, -0.05) is 13.8 Å². The number of halogens is 1. The third-order valence-electron chi connectivity index (χ3n) is 2.03. The van der Waals surface area contributed by atoms with Crippen LogP contribution in [0.4, 0.5) is 5.82 Å². The Morgan fingerprint density at radius 1 is 1.53 bits per heavy atom. The number of aliphatic hydroxyl groups excluding tert-OH is 1. The van der Waals surface area contributed by atoms with E-state index in [2.05, 4.69) is 31.2 Å². The molecule has 0 aliphatic carbocycles. The van der Waals surface area contributed by atoms with Crippen molar-refractivity contribution in [3.8, 4) is 0 Å². The van der Waals surface area contributed by atoms with Crippen molar-refractivity contribution in [3.05, 3.63) is 16.5 Å². The van der Waals surface area contributed by atoms with Crippen molar-refractivity contribution >= 4 is 21.7 Å². The number of hydrogen-bond acceptors (Lipinski definition) is 4.